The van der Waals surface area contributed by atoms with Crippen LogP contribution in [0.3, 0.4) is 0 Å². The molecule has 1 heterocycles. The molecule has 4 aromatic rings. The fourth-order valence-electron chi connectivity index (χ4n) is 4.41. The molecule has 0 aliphatic carbocycles. The second kappa shape index (κ2) is 14.0. The summed E-state index contributed by atoms with van der Waals surface area (Å²) in [5.74, 6) is 1.25. The summed E-state index contributed by atoms with van der Waals surface area (Å²) in [6.45, 7) is 6.28. The molecule has 1 amide bonds. The van der Waals surface area contributed by atoms with Crippen molar-refractivity contribution < 1.29 is 19.0 Å². The molecule has 0 aromatic heterocycles. The number of amides is 1. The third kappa shape index (κ3) is 7.30. The number of carbonyl (C=O) groups is 1. The zero-order chi connectivity index (χ0) is 28.6. The van der Waals surface area contributed by atoms with Crippen LogP contribution >= 0.6 is 34.4 Å². The van der Waals surface area contributed by atoms with E-state index in [0.29, 0.717) is 54.5 Å². The number of rotatable bonds is 11. The maximum Gasteiger partial charge on any atom is 0.266 e. The van der Waals surface area contributed by atoms with E-state index in [9.17, 15) is 4.79 Å². The van der Waals surface area contributed by atoms with Crippen LogP contribution in [0.5, 0.6) is 11.5 Å². The lowest BCUT2D eigenvalue weighted by atomic mass is 10.1. The van der Waals surface area contributed by atoms with Crippen LogP contribution < -0.4 is 9.47 Å². The number of nitrogens with zero attached hydrogens (tertiary/aromatic N) is 2. The maximum atomic E-state index is 13.5. The molecule has 8 heteroatoms. The van der Waals surface area contributed by atoms with Gasteiger partial charge in [0.25, 0.3) is 5.91 Å². The van der Waals surface area contributed by atoms with Crippen LogP contribution in [0.1, 0.15) is 25.0 Å². The Morgan fingerprint density at radius 2 is 1.68 bits per heavy atom. The van der Waals surface area contributed by atoms with Gasteiger partial charge in [-0.15, -0.1) is 0 Å². The Labute approximate surface area is 258 Å². The molecule has 5 rings (SSSR count). The van der Waals surface area contributed by atoms with Crippen molar-refractivity contribution in [2.45, 2.75) is 20.5 Å². The molecule has 41 heavy (non-hydrogen) atoms. The van der Waals surface area contributed by atoms with Gasteiger partial charge in [0.05, 0.1) is 33.9 Å². The number of carbonyl (C=O) groups excluding carboxylic acids is 1. The van der Waals surface area contributed by atoms with Gasteiger partial charge in [-0.05, 0) is 107 Å². The van der Waals surface area contributed by atoms with Crippen LogP contribution in [0.25, 0.3) is 16.8 Å². The molecule has 0 atom stereocenters. The van der Waals surface area contributed by atoms with Gasteiger partial charge in [-0.1, -0.05) is 54.6 Å². The first-order valence-electron chi connectivity index (χ1n) is 13.6. The molecule has 0 saturated carbocycles. The van der Waals surface area contributed by atoms with E-state index in [1.807, 2.05) is 74.5 Å². The molecule has 0 bridgehead atoms. The van der Waals surface area contributed by atoms with Crippen LogP contribution in [-0.2, 0) is 16.1 Å². The summed E-state index contributed by atoms with van der Waals surface area (Å²) in [5.41, 5.74) is 2.74. The van der Waals surface area contributed by atoms with Gasteiger partial charge in [0.2, 0.25) is 0 Å². The monoisotopic (exact) mass is 678 g/mol. The molecular formula is C33H31IN2O4S. The van der Waals surface area contributed by atoms with E-state index in [2.05, 4.69) is 52.9 Å². The largest absolute Gasteiger partial charge is 0.490 e. The van der Waals surface area contributed by atoms with Gasteiger partial charge in [0, 0.05) is 6.61 Å². The van der Waals surface area contributed by atoms with Crippen molar-refractivity contribution >= 4 is 68.0 Å². The third-order valence-electron chi connectivity index (χ3n) is 6.36. The molecule has 0 radical (unpaired) electrons. The highest BCUT2D eigenvalue weighted by Gasteiger charge is 2.33. The third-order valence-corrected chi connectivity index (χ3v) is 8.17. The summed E-state index contributed by atoms with van der Waals surface area (Å²) in [4.78, 5) is 20.5. The molecule has 1 fully saturated rings. The van der Waals surface area contributed by atoms with Gasteiger partial charge in [-0.3, -0.25) is 9.69 Å². The molecule has 0 spiro atoms. The normalized spacial score (nSPS) is 15.3. The Morgan fingerprint density at radius 1 is 0.902 bits per heavy atom. The van der Waals surface area contributed by atoms with E-state index >= 15 is 0 Å². The van der Waals surface area contributed by atoms with E-state index in [1.165, 1.54) is 22.5 Å². The summed E-state index contributed by atoms with van der Waals surface area (Å²) < 4.78 is 18.7. The van der Waals surface area contributed by atoms with Gasteiger partial charge >= 0.3 is 0 Å². The molecule has 1 aliphatic heterocycles. The maximum absolute atomic E-state index is 13.5. The molecule has 0 N–H and O–H groups in total. The highest BCUT2D eigenvalue weighted by Crippen LogP contribution is 2.38. The Morgan fingerprint density at radius 3 is 2.46 bits per heavy atom. The Bertz CT molecular complexity index is 1590. The zero-order valence-electron chi connectivity index (χ0n) is 23.0. The molecule has 6 nitrogen and oxygen atoms in total. The van der Waals surface area contributed by atoms with E-state index in [-0.39, 0.29) is 5.91 Å². The lowest BCUT2D eigenvalue weighted by Crippen LogP contribution is -2.32. The first kappa shape index (κ1) is 29.2. The van der Waals surface area contributed by atoms with Gasteiger partial charge < -0.3 is 14.2 Å². The van der Waals surface area contributed by atoms with Gasteiger partial charge in [0.1, 0.15) is 6.61 Å². The molecule has 210 valence electrons. The number of amidine groups is 1. The molecule has 0 unspecified atom stereocenters. The standard InChI is InChI=1S/C33H31IN2O4S/c1-3-38-17-16-36-32(37)30(41-33(36)35-27-12-6-5-7-13-27)21-24-19-28(34)31(29(20-24)39-4-2)40-22-23-14-15-25-10-8-9-11-26(25)18-23/h5-15,18-21H,3-4,16-17,22H2,1-2H3/b30-21-,35-33?. The average molecular weight is 679 g/mol. The van der Waals surface area contributed by atoms with Crippen molar-refractivity contribution in [2.24, 2.45) is 4.99 Å². The fourth-order valence-corrected chi connectivity index (χ4v) is 6.22. The first-order chi connectivity index (χ1) is 20.1. The number of thioether (sulfide) groups is 1. The van der Waals surface area contributed by atoms with Crippen molar-refractivity contribution in [1.82, 2.24) is 4.90 Å². The van der Waals surface area contributed by atoms with E-state index in [0.717, 1.165) is 20.4 Å². The van der Waals surface area contributed by atoms with Gasteiger partial charge in [-0.25, -0.2) is 4.99 Å². The van der Waals surface area contributed by atoms with Crippen LogP contribution in [0.2, 0.25) is 0 Å². The Hall–Kier alpha value is -3.34. The van der Waals surface area contributed by atoms with Crippen molar-refractivity contribution in [2.75, 3.05) is 26.4 Å². The van der Waals surface area contributed by atoms with Crippen molar-refractivity contribution in [1.29, 1.82) is 0 Å². The van der Waals surface area contributed by atoms with E-state index in [1.54, 1.807) is 4.90 Å². The molecule has 1 saturated heterocycles. The van der Waals surface area contributed by atoms with Gasteiger partial charge in [-0.2, -0.15) is 0 Å². The number of hydrogen-bond donors (Lipinski definition) is 0. The van der Waals surface area contributed by atoms with Gasteiger partial charge in [0.15, 0.2) is 16.7 Å². The Balaban J connectivity index is 1.40. The molecule has 4 aromatic carbocycles. The summed E-state index contributed by atoms with van der Waals surface area (Å²) >= 11 is 3.64. The summed E-state index contributed by atoms with van der Waals surface area (Å²) in [5, 5.41) is 3.02. The minimum absolute atomic E-state index is 0.0889. The average Bonchev–Trinajstić information content (AvgIpc) is 3.26. The number of ether oxygens (including phenoxy) is 3. The lowest BCUT2D eigenvalue weighted by molar-refractivity contribution is -0.122. The highest BCUT2D eigenvalue weighted by molar-refractivity contribution is 14.1. The fraction of sp³-hybridized carbons (Fsp3) is 0.212. The smallest absolute Gasteiger partial charge is 0.266 e. The topological polar surface area (TPSA) is 60.4 Å². The van der Waals surface area contributed by atoms with Crippen LogP contribution in [0, 0.1) is 3.57 Å². The minimum atomic E-state index is -0.0889. The number of para-hydroxylation sites is 1. The predicted molar refractivity (Wildman–Crippen MR) is 176 cm³/mol. The van der Waals surface area contributed by atoms with Crippen LogP contribution in [0.15, 0.2) is 94.8 Å². The highest BCUT2D eigenvalue weighted by atomic mass is 127. The SMILES string of the molecule is CCOCCN1C(=O)/C(=C/c2cc(I)c(OCc3ccc4ccccc4c3)c(OCC)c2)SC1=Nc1ccccc1. The number of hydrogen-bond acceptors (Lipinski definition) is 6. The number of aliphatic imine (C=N–C) groups is 1. The van der Waals surface area contributed by atoms with E-state index in [4.69, 9.17) is 19.2 Å². The van der Waals surface area contributed by atoms with Crippen LogP contribution in [-0.4, -0.2) is 42.3 Å². The van der Waals surface area contributed by atoms with Crippen molar-refractivity contribution in [3.05, 3.63) is 105 Å². The predicted octanol–water partition coefficient (Wildman–Crippen LogP) is 8.06. The molecular weight excluding hydrogens is 647 g/mol. The first-order valence-corrected chi connectivity index (χ1v) is 15.4. The second-order valence-electron chi connectivity index (χ2n) is 9.23. The lowest BCUT2D eigenvalue weighted by Gasteiger charge is -2.15. The quantitative estimate of drug-likeness (QED) is 0.0913. The minimum Gasteiger partial charge on any atom is -0.490 e. The summed E-state index contributed by atoms with van der Waals surface area (Å²) in [6, 6.07) is 28.2. The summed E-state index contributed by atoms with van der Waals surface area (Å²) in [6.07, 6.45) is 1.89. The number of benzene rings is 4. The van der Waals surface area contributed by atoms with E-state index < -0.39 is 0 Å². The zero-order valence-corrected chi connectivity index (χ0v) is 26.0. The Kier molecular flexibility index (Phi) is 9.97. The number of fused-ring (bicyclic) bond motifs is 1. The van der Waals surface area contributed by atoms with Crippen molar-refractivity contribution in [3.8, 4) is 11.5 Å². The second-order valence-corrected chi connectivity index (χ2v) is 11.4. The summed E-state index contributed by atoms with van der Waals surface area (Å²) in [7, 11) is 0. The molecule has 1 aliphatic rings. The number of halogens is 1. The van der Waals surface area contributed by atoms with Crippen molar-refractivity contribution in [3.63, 3.8) is 0 Å². The van der Waals surface area contributed by atoms with Crippen LogP contribution in [0.4, 0.5) is 5.69 Å².